The number of ether oxygens (including phenoxy) is 2. The Kier molecular flexibility index (Phi) is 6.60. The predicted molar refractivity (Wildman–Crippen MR) is 118 cm³/mol. The minimum absolute atomic E-state index is 0.174. The molecule has 0 bridgehead atoms. The Hall–Kier alpha value is -2.79. The van der Waals surface area contributed by atoms with Gasteiger partial charge in [0, 0.05) is 12.3 Å². The monoisotopic (exact) mass is 412 g/mol. The second-order valence-electron chi connectivity index (χ2n) is 7.30. The normalized spacial score (nSPS) is 11.9. The molecule has 0 atom stereocenters. The van der Waals surface area contributed by atoms with Crippen LogP contribution in [0.5, 0.6) is 11.5 Å². The Morgan fingerprint density at radius 1 is 1.24 bits per heavy atom. The molecule has 0 unspecified atom stereocenters. The lowest BCUT2D eigenvalue weighted by molar-refractivity contribution is 0.273. The van der Waals surface area contributed by atoms with Crippen LogP contribution in [0.1, 0.15) is 37.1 Å². The lowest BCUT2D eigenvalue weighted by Crippen LogP contribution is -2.15. The first-order valence-electron chi connectivity index (χ1n) is 9.56. The van der Waals surface area contributed by atoms with E-state index in [9.17, 15) is 4.79 Å². The second kappa shape index (κ2) is 9.14. The van der Waals surface area contributed by atoms with Gasteiger partial charge in [-0.15, -0.1) is 0 Å². The summed E-state index contributed by atoms with van der Waals surface area (Å²) in [7, 11) is 1.61. The average Bonchev–Trinajstić information content (AvgIpc) is 2.69. The van der Waals surface area contributed by atoms with Crippen LogP contribution in [0.2, 0.25) is 0 Å². The Labute approximate surface area is 175 Å². The third-order valence-electron chi connectivity index (χ3n) is 4.56. The summed E-state index contributed by atoms with van der Waals surface area (Å²) in [5.74, 6) is 1.90. The highest BCUT2D eigenvalue weighted by Crippen LogP contribution is 2.30. The average molecular weight is 413 g/mol. The fourth-order valence-electron chi connectivity index (χ4n) is 2.90. The van der Waals surface area contributed by atoms with E-state index in [1.54, 1.807) is 19.4 Å². The van der Waals surface area contributed by atoms with Gasteiger partial charge in [-0.2, -0.15) is 0 Å². The Bertz CT molecular complexity index is 1100. The lowest BCUT2D eigenvalue weighted by atomic mass is 10.1. The third-order valence-corrected chi connectivity index (χ3v) is 4.87. The molecule has 0 aliphatic carbocycles. The zero-order valence-electron chi connectivity index (χ0n) is 17.1. The molecule has 2 aromatic heterocycles. The van der Waals surface area contributed by atoms with Crippen LogP contribution in [0.3, 0.4) is 0 Å². The molecule has 0 amide bonds. The Morgan fingerprint density at radius 2 is 2.03 bits per heavy atom. The van der Waals surface area contributed by atoms with Gasteiger partial charge in [-0.05, 0) is 54.7 Å². The number of aromatic nitrogens is 2. The maximum atomic E-state index is 12.4. The van der Waals surface area contributed by atoms with Crippen LogP contribution in [-0.4, -0.2) is 23.1 Å². The number of rotatable bonds is 7. The summed E-state index contributed by atoms with van der Waals surface area (Å²) >= 11 is 6.50. The fourth-order valence-corrected chi connectivity index (χ4v) is 3.12. The smallest absolute Gasteiger partial charge is 0.258 e. The van der Waals surface area contributed by atoms with E-state index in [1.165, 1.54) is 10.5 Å². The van der Waals surface area contributed by atoms with Gasteiger partial charge in [0.15, 0.2) is 11.5 Å². The summed E-state index contributed by atoms with van der Waals surface area (Å²) in [5, 5.41) is 0.378. The van der Waals surface area contributed by atoms with Gasteiger partial charge in [-0.1, -0.05) is 37.6 Å². The number of hydrogen-bond acceptors (Lipinski definition) is 4. The van der Waals surface area contributed by atoms with Crippen molar-refractivity contribution in [2.24, 2.45) is 5.92 Å². The molecule has 0 N–H and O–H groups in total. The van der Waals surface area contributed by atoms with Crippen molar-refractivity contribution < 1.29 is 9.47 Å². The number of benzene rings is 1. The summed E-state index contributed by atoms with van der Waals surface area (Å²) < 4.78 is 12.8. The highest BCUT2D eigenvalue weighted by Gasteiger charge is 2.09. The molecule has 0 aliphatic rings. The topological polar surface area (TPSA) is 52.8 Å². The van der Waals surface area contributed by atoms with Crippen LogP contribution < -0.4 is 15.0 Å². The molecule has 6 heteroatoms. The van der Waals surface area contributed by atoms with Gasteiger partial charge in [-0.25, -0.2) is 4.98 Å². The molecule has 29 heavy (non-hydrogen) atoms. The van der Waals surface area contributed by atoms with Gasteiger partial charge in [0.1, 0.15) is 5.65 Å². The Balaban J connectivity index is 1.90. The third kappa shape index (κ3) is 4.98. The van der Waals surface area contributed by atoms with Crippen LogP contribution in [0, 0.1) is 12.8 Å². The van der Waals surface area contributed by atoms with Crippen LogP contribution in [0.15, 0.2) is 47.4 Å². The summed E-state index contributed by atoms with van der Waals surface area (Å²) in [6, 6.07) is 10.8. The van der Waals surface area contributed by atoms with Gasteiger partial charge < -0.3 is 9.47 Å². The minimum atomic E-state index is -0.174. The number of fused-ring (bicyclic) bond motifs is 1. The summed E-state index contributed by atoms with van der Waals surface area (Å²) in [6.45, 7) is 6.86. The molecule has 0 radical (unpaired) electrons. The SMILES string of the molecule is COc1cc(/C=C(\Cl)c2cc(=O)n3cccc(C)c3n2)ccc1OCCC(C)C. The molecule has 0 saturated heterocycles. The van der Waals surface area contributed by atoms with Crippen molar-refractivity contribution in [3.63, 3.8) is 0 Å². The molecule has 5 nitrogen and oxygen atoms in total. The van der Waals surface area contributed by atoms with Crippen molar-refractivity contribution in [1.82, 2.24) is 9.38 Å². The van der Waals surface area contributed by atoms with Crippen molar-refractivity contribution in [3.05, 3.63) is 69.8 Å². The van der Waals surface area contributed by atoms with E-state index in [0.29, 0.717) is 40.4 Å². The van der Waals surface area contributed by atoms with Crippen LogP contribution in [0.4, 0.5) is 0 Å². The number of aryl methyl sites for hydroxylation is 1. The van der Waals surface area contributed by atoms with Crippen molar-refractivity contribution in [3.8, 4) is 11.5 Å². The van der Waals surface area contributed by atoms with Gasteiger partial charge in [-0.3, -0.25) is 9.20 Å². The van der Waals surface area contributed by atoms with E-state index in [4.69, 9.17) is 21.1 Å². The molecule has 0 aliphatic heterocycles. The summed E-state index contributed by atoms with van der Waals surface area (Å²) in [5.41, 5.74) is 2.58. The number of halogens is 1. The summed E-state index contributed by atoms with van der Waals surface area (Å²) in [4.78, 5) is 17.0. The maximum absolute atomic E-state index is 12.4. The Morgan fingerprint density at radius 3 is 2.76 bits per heavy atom. The number of pyridine rings is 1. The quantitative estimate of drug-likeness (QED) is 0.537. The standard InChI is InChI=1S/C23H25ClN2O3/c1-15(2)9-11-29-20-8-7-17(13-21(20)28-4)12-18(24)19-14-22(27)26-10-5-6-16(3)23(26)25-19/h5-8,10,12-15H,9,11H2,1-4H3/b18-12-. The molecular formula is C23H25ClN2O3. The van der Waals surface area contributed by atoms with Gasteiger partial charge in [0.25, 0.3) is 5.56 Å². The molecule has 0 saturated carbocycles. The van der Waals surface area contributed by atoms with Gasteiger partial charge >= 0.3 is 0 Å². The number of nitrogens with zero attached hydrogens (tertiary/aromatic N) is 2. The maximum Gasteiger partial charge on any atom is 0.258 e. The number of hydrogen-bond donors (Lipinski definition) is 0. The first-order valence-corrected chi connectivity index (χ1v) is 9.94. The van der Waals surface area contributed by atoms with Crippen LogP contribution >= 0.6 is 11.6 Å². The zero-order chi connectivity index (χ0) is 21.0. The highest BCUT2D eigenvalue weighted by molar-refractivity contribution is 6.51. The number of methoxy groups -OCH3 is 1. The molecule has 0 fully saturated rings. The molecule has 2 heterocycles. The van der Waals surface area contributed by atoms with E-state index >= 15 is 0 Å². The largest absolute Gasteiger partial charge is 0.493 e. The molecule has 152 valence electrons. The molecule has 1 aromatic carbocycles. The van der Waals surface area contributed by atoms with E-state index in [1.807, 2.05) is 37.3 Å². The van der Waals surface area contributed by atoms with Crippen LogP contribution in [0.25, 0.3) is 16.8 Å². The lowest BCUT2D eigenvalue weighted by Gasteiger charge is -2.12. The molecular weight excluding hydrogens is 388 g/mol. The zero-order valence-corrected chi connectivity index (χ0v) is 17.9. The van der Waals surface area contributed by atoms with E-state index < -0.39 is 0 Å². The molecule has 3 rings (SSSR count). The molecule has 3 aromatic rings. The fraction of sp³-hybridized carbons (Fsp3) is 0.304. The van der Waals surface area contributed by atoms with Crippen LogP contribution in [-0.2, 0) is 0 Å². The van der Waals surface area contributed by atoms with Gasteiger partial charge in [0.05, 0.1) is 24.4 Å². The van der Waals surface area contributed by atoms with Crippen molar-refractivity contribution in [2.45, 2.75) is 27.2 Å². The van der Waals surface area contributed by atoms with E-state index in [0.717, 1.165) is 17.5 Å². The van der Waals surface area contributed by atoms with Crippen molar-refractivity contribution in [2.75, 3.05) is 13.7 Å². The van der Waals surface area contributed by atoms with Gasteiger partial charge in [0.2, 0.25) is 0 Å². The highest BCUT2D eigenvalue weighted by atomic mass is 35.5. The second-order valence-corrected chi connectivity index (χ2v) is 7.71. The predicted octanol–water partition coefficient (Wildman–Crippen LogP) is 5.17. The minimum Gasteiger partial charge on any atom is -0.493 e. The van der Waals surface area contributed by atoms with E-state index in [2.05, 4.69) is 18.8 Å². The first-order chi connectivity index (χ1) is 13.9. The molecule has 0 spiro atoms. The van der Waals surface area contributed by atoms with Crippen molar-refractivity contribution >= 4 is 28.4 Å². The van der Waals surface area contributed by atoms with E-state index in [-0.39, 0.29) is 5.56 Å². The summed E-state index contributed by atoms with van der Waals surface area (Å²) in [6.07, 6.45) is 4.43. The first kappa shape index (κ1) is 20.9. The van der Waals surface area contributed by atoms with Crippen molar-refractivity contribution in [1.29, 1.82) is 0 Å².